The van der Waals surface area contributed by atoms with Crippen molar-refractivity contribution in [3.8, 4) is 0 Å². The molecule has 0 aliphatic carbocycles. The zero-order valence-electron chi connectivity index (χ0n) is 7.17. The lowest BCUT2D eigenvalue weighted by molar-refractivity contribution is 0.0254. The molecule has 0 saturated carbocycles. The van der Waals surface area contributed by atoms with Crippen molar-refractivity contribution >= 4 is 0 Å². The van der Waals surface area contributed by atoms with Gasteiger partial charge in [-0.15, -0.1) is 0 Å². The Hall–Kier alpha value is -0.960. The normalized spacial score (nSPS) is 13.9. The molecule has 1 atom stereocenters. The van der Waals surface area contributed by atoms with Crippen LogP contribution in [0.5, 0.6) is 0 Å². The van der Waals surface area contributed by atoms with Crippen molar-refractivity contribution in [1.82, 2.24) is 5.32 Å². The third-order valence-corrected chi connectivity index (χ3v) is 0.980. The van der Waals surface area contributed by atoms with Gasteiger partial charge in [-0.25, -0.2) is 0 Å². The quantitative estimate of drug-likeness (QED) is 0.263. The first-order chi connectivity index (χ1) is 5.20. The van der Waals surface area contributed by atoms with E-state index in [9.17, 15) is 0 Å². The number of rotatable bonds is 5. The van der Waals surface area contributed by atoms with Gasteiger partial charge in [0.1, 0.15) is 0 Å². The van der Waals surface area contributed by atoms with Crippen molar-refractivity contribution in [2.75, 3.05) is 6.61 Å². The second-order valence-corrected chi connectivity index (χ2v) is 2.19. The predicted molar refractivity (Wildman–Crippen MR) is 47.8 cm³/mol. The fourth-order valence-corrected chi connectivity index (χ4v) is 0.662. The number of nitrogens with one attached hydrogen (secondary N) is 1. The summed E-state index contributed by atoms with van der Waals surface area (Å²) in [4.78, 5) is 0. The highest BCUT2D eigenvalue weighted by Crippen LogP contribution is 1.89. The molecule has 0 bridgehead atoms. The van der Waals surface area contributed by atoms with Crippen LogP contribution in [0.3, 0.4) is 0 Å². The van der Waals surface area contributed by atoms with Crippen LogP contribution in [0, 0.1) is 0 Å². The predicted octanol–water partition coefficient (Wildman–Crippen LogP) is 0.456. The third kappa shape index (κ3) is 5.48. The van der Waals surface area contributed by atoms with E-state index in [1.165, 1.54) is 0 Å². The summed E-state index contributed by atoms with van der Waals surface area (Å²) in [6, 6.07) is 0. The molecule has 0 fully saturated rings. The van der Waals surface area contributed by atoms with Crippen molar-refractivity contribution in [3.63, 3.8) is 0 Å². The van der Waals surface area contributed by atoms with Crippen molar-refractivity contribution in [2.24, 2.45) is 5.73 Å². The Kier molecular flexibility index (Phi) is 5.29. The summed E-state index contributed by atoms with van der Waals surface area (Å²) < 4.78 is 4.15. The van der Waals surface area contributed by atoms with Crippen molar-refractivity contribution < 1.29 is 4.74 Å². The summed E-state index contributed by atoms with van der Waals surface area (Å²) >= 11 is 0. The minimum Gasteiger partial charge on any atom is -0.570 e. The SMILES string of the molecule is C=C/C=C(\NC(C)N)[OH+]CC. The lowest BCUT2D eigenvalue weighted by atomic mass is 10.5. The molecule has 0 rings (SSSR count). The second kappa shape index (κ2) is 5.80. The van der Waals surface area contributed by atoms with Gasteiger partial charge >= 0.3 is 5.88 Å². The van der Waals surface area contributed by atoms with Gasteiger partial charge in [0.2, 0.25) is 0 Å². The fraction of sp³-hybridized carbons (Fsp3) is 0.500. The average Bonchev–Trinajstić information content (AvgIpc) is 1.87. The van der Waals surface area contributed by atoms with Crippen molar-refractivity contribution in [1.29, 1.82) is 0 Å². The Morgan fingerprint density at radius 1 is 1.82 bits per heavy atom. The molecule has 0 aromatic heterocycles. The smallest absolute Gasteiger partial charge is 0.332 e. The summed E-state index contributed by atoms with van der Waals surface area (Å²) in [5.74, 6) is 0.789. The van der Waals surface area contributed by atoms with E-state index in [0.717, 1.165) is 12.5 Å². The number of nitrogens with two attached hydrogens (primary N) is 1. The van der Waals surface area contributed by atoms with Crippen LogP contribution in [0.25, 0.3) is 0 Å². The Balaban J connectivity index is 3.88. The largest absolute Gasteiger partial charge is 0.570 e. The zero-order chi connectivity index (χ0) is 8.69. The van der Waals surface area contributed by atoms with Gasteiger partial charge in [0.25, 0.3) is 0 Å². The number of aliphatic hydroxyl groups is 2. The van der Waals surface area contributed by atoms with E-state index in [-0.39, 0.29) is 6.17 Å². The van der Waals surface area contributed by atoms with Crippen LogP contribution >= 0.6 is 0 Å². The maximum Gasteiger partial charge on any atom is 0.332 e. The molecule has 0 amide bonds. The molecule has 4 N–H and O–H groups in total. The van der Waals surface area contributed by atoms with Crippen LogP contribution in [0.2, 0.25) is 0 Å². The monoisotopic (exact) mass is 157 g/mol. The van der Waals surface area contributed by atoms with Crippen LogP contribution in [0.4, 0.5) is 0 Å². The third-order valence-electron chi connectivity index (χ3n) is 0.980. The second-order valence-electron chi connectivity index (χ2n) is 2.19. The highest BCUT2D eigenvalue weighted by Gasteiger charge is 2.01. The maximum atomic E-state index is 5.51. The van der Waals surface area contributed by atoms with Crippen molar-refractivity contribution in [3.05, 3.63) is 24.6 Å². The molecule has 3 heteroatoms. The summed E-state index contributed by atoms with van der Waals surface area (Å²) in [6.45, 7) is 8.16. The molecule has 0 spiro atoms. The van der Waals surface area contributed by atoms with Crippen LogP contribution in [0.15, 0.2) is 24.6 Å². The number of ether oxygens (including phenoxy) is 1. The zero-order valence-corrected chi connectivity index (χ0v) is 7.17. The van der Waals surface area contributed by atoms with Gasteiger partial charge in [-0.1, -0.05) is 12.7 Å². The lowest BCUT2D eigenvalue weighted by Crippen LogP contribution is -2.35. The summed E-state index contributed by atoms with van der Waals surface area (Å²) in [6.07, 6.45) is 3.41. The van der Waals surface area contributed by atoms with E-state index in [2.05, 4.69) is 16.6 Å². The Morgan fingerprint density at radius 2 is 2.45 bits per heavy atom. The van der Waals surface area contributed by atoms with Gasteiger partial charge in [-0.2, -0.15) is 0 Å². The van der Waals surface area contributed by atoms with Crippen LogP contribution in [0.1, 0.15) is 13.8 Å². The molecule has 0 aromatic carbocycles. The molecule has 0 aliphatic heterocycles. The summed E-state index contributed by atoms with van der Waals surface area (Å²) in [7, 11) is 0. The van der Waals surface area contributed by atoms with Gasteiger partial charge in [0.15, 0.2) is 6.61 Å². The highest BCUT2D eigenvalue weighted by molar-refractivity contribution is 5.02. The fourth-order valence-electron chi connectivity index (χ4n) is 0.662. The van der Waals surface area contributed by atoms with Gasteiger partial charge in [-0.3, -0.25) is 5.32 Å². The first-order valence-corrected chi connectivity index (χ1v) is 3.73. The average molecular weight is 157 g/mol. The Labute approximate surface area is 67.9 Å². The number of hydrogen-bond acceptors (Lipinski definition) is 2. The molecule has 0 saturated heterocycles. The van der Waals surface area contributed by atoms with Gasteiger partial charge in [0, 0.05) is 6.92 Å². The molecule has 0 aliphatic rings. The van der Waals surface area contributed by atoms with Crippen LogP contribution < -0.4 is 11.1 Å². The molecule has 0 aromatic rings. The van der Waals surface area contributed by atoms with E-state index >= 15 is 0 Å². The van der Waals surface area contributed by atoms with Crippen LogP contribution in [-0.4, -0.2) is 17.5 Å². The minimum absolute atomic E-state index is 0.0727. The van der Waals surface area contributed by atoms with Crippen LogP contribution in [-0.2, 0) is 0 Å². The maximum absolute atomic E-state index is 5.51. The lowest BCUT2D eigenvalue weighted by Gasteiger charge is -2.10. The van der Waals surface area contributed by atoms with E-state index in [1.807, 2.05) is 13.8 Å². The van der Waals surface area contributed by atoms with Gasteiger partial charge in [-0.05, 0) is 6.92 Å². The summed E-state index contributed by atoms with van der Waals surface area (Å²) in [5.41, 5.74) is 5.51. The van der Waals surface area contributed by atoms with E-state index in [0.29, 0.717) is 0 Å². The van der Waals surface area contributed by atoms with Gasteiger partial charge < -0.3 is 10.5 Å². The minimum atomic E-state index is -0.0727. The van der Waals surface area contributed by atoms with Gasteiger partial charge in [0.05, 0.1) is 12.2 Å². The first-order valence-electron chi connectivity index (χ1n) is 3.73. The number of hydrogen-bond donors (Lipinski definition) is 2. The topological polar surface area (TPSA) is 50.8 Å². The molecule has 3 nitrogen and oxygen atoms in total. The molecule has 64 valence electrons. The number of allylic oxidation sites excluding steroid dienone is 2. The summed E-state index contributed by atoms with van der Waals surface area (Å²) in [5, 5.41) is 2.98. The molecular formula is C8H17N2O+. The standard InChI is InChI=1S/C8H16N2O/c1-4-6-8(11-5-2)10-7(3)9/h4,6-7,10H,1,5,9H2,2-3H3/p+1/b8-6+. The molecular weight excluding hydrogens is 140 g/mol. The first kappa shape index (κ1) is 10.0. The molecule has 0 heterocycles. The molecule has 1 unspecified atom stereocenters. The Morgan fingerprint density at radius 3 is 2.82 bits per heavy atom. The van der Waals surface area contributed by atoms with E-state index in [1.54, 1.807) is 12.2 Å². The highest BCUT2D eigenvalue weighted by atomic mass is 16.5. The Bertz CT molecular complexity index is 141. The molecule has 0 radical (unpaired) electrons. The van der Waals surface area contributed by atoms with E-state index < -0.39 is 0 Å². The van der Waals surface area contributed by atoms with Crippen molar-refractivity contribution in [2.45, 2.75) is 20.0 Å². The molecule has 11 heavy (non-hydrogen) atoms. The van der Waals surface area contributed by atoms with E-state index in [4.69, 9.17) is 5.73 Å².